The number of oxazole rings is 1. The van der Waals surface area contributed by atoms with Crippen LogP contribution in [0.25, 0.3) is 11.1 Å². The number of hydrogen-bond acceptors (Lipinski definition) is 4. The van der Waals surface area contributed by atoms with Crippen LogP contribution in [-0.2, 0) is 0 Å². The minimum absolute atomic E-state index is 0.208. The van der Waals surface area contributed by atoms with Crippen LogP contribution in [0.15, 0.2) is 22.6 Å². The van der Waals surface area contributed by atoms with E-state index >= 15 is 0 Å². The molecule has 4 nitrogen and oxygen atoms in total. The van der Waals surface area contributed by atoms with Crippen molar-refractivity contribution in [2.75, 3.05) is 7.05 Å². The summed E-state index contributed by atoms with van der Waals surface area (Å²) < 4.78 is 5.56. The highest BCUT2D eigenvalue weighted by molar-refractivity contribution is 5.73. The lowest BCUT2D eigenvalue weighted by Gasteiger charge is -2.26. The first-order valence-corrected chi connectivity index (χ1v) is 6.22. The number of hydrogen-bond donors (Lipinski definition) is 2. The number of rotatable bonds is 4. The van der Waals surface area contributed by atoms with Crippen LogP contribution in [0.4, 0.5) is 0 Å². The Morgan fingerprint density at radius 3 is 2.78 bits per heavy atom. The SMILES string of the molecule is CNC(CC(C)(C)N)c1ccc2nc(C)oc2c1. The van der Waals surface area contributed by atoms with Gasteiger partial charge < -0.3 is 15.5 Å². The summed E-state index contributed by atoms with van der Waals surface area (Å²) in [4.78, 5) is 4.30. The molecule has 98 valence electrons. The summed E-state index contributed by atoms with van der Waals surface area (Å²) in [6, 6.07) is 6.34. The number of fused-ring (bicyclic) bond motifs is 1. The fraction of sp³-hybridized carbons (Fsp3) is 0.500. The quantitative estimate of drug-likeness (QED) is 0.871. The van der Waals surface area contributed by atoms with Crippen LogP contribution in [0.1, 0.15) is 37.8 Å². The number of nitrogens with one attached hydrogen (secondary N) is 1. The van der Waals surface area contributed by atoms with Crippen LogP contribution in [-0.4, -0.2) is 17.6 Å². The van der Waals surface area contributed by atoms with Gasteiger partial charge in [0.25, 0.3) is 0 Å². The van der Waals surface area contributed by atoms with Gasteiger partial charge >= 0.3 is 0 Å². The zero-order valence-corrected chi connectivity index (χ0v) is 11.4. The van der Waals surface area contributed by atoms with Crippen molar-refractivity contribution in [1.82, 2.24) is 10.3 Å². The Morgan fingerprint density at radius 1 is 1.44 bits per heavy atom. The molecule has 4 heteroatoms. The van der Waals surface area contributed by atoms with Crippen LogP contribution >= 0.6 is 0 Å². The van der Waals surface area contributed by atoms with Gasteiger partial charge in [0.1, 0.15) is 5.52 Å². The molecule has 1 aromatic carbocycles. The molecule has 0 saturated heterocycles. The maximum absolute atomic E-state index is 6.09. The summed E-state index contributed by atoms with van der Waals surface area (Å²) in [6.07, 6.45) is 0.863. The second kappa shape index (κ2) is 4.71. The summed E-state index contributed by atoms with van der Waals surface area (Å²) in [5.41, 5.74) is 8.80. The third-order valence-electron chi connectivity index (χ3n) is 3.00. The maximum atomic E-state index is 6.09. The van der Waals surface area contributed by atoms with Crippen molar-refractivity contribution < 1.29 is 4.42 Å². The second-order valence-electron chi connectivity index (χ2n) is 5.49. The van der Waals surface area contributed by atoms with Gasteiger partial charge in [0.15, 0.2) is 11.5 Å². The molecule has 0 fully saturated rings. The van der Waals surface area contributed by atoms with Gasteiger partial charge in [0, 0.05) is 18.5 Å². The smallest absolute Gasteiger partial charge is 0.192 e. The summed E-state index contributed by atoms with van der Waals surface area (Å²) in [5, 5.41) is 3.30. The molecule has 0 aliphatic carbocycles. The van der Waals surface area contributed by atoms with Gasteiger partial charge in [0.2, 0.25) is 0 Å². The molecule has 1 unspecified atom stereocenters. The van der Waals surface area contributed by atoms with E-state index in [4.69, 9.17) is 10.2 Å². The van der Waals surface area contributed by atoms with Gasteiger partial charge in [-0.1, -0.05) is 6.07 Å². The number of nitrogens with two attached hydrogens (primary N) is 1. The monoisotopic (exact) mass is 247 g/mol. The Morgan fingerprint density at radius 2 is 2.17 bits per heavy atom. The van der Waals surface area contributed by atoms with E-state index in [9.17, 15) is 0 Å². The van der Waals surface area contributed by atoms with Crippen LogP contribution in [0.2, 0.25) is 0 Å². The Hall–Kier alpha value is -1.39. The van der Waals surface area contributed by atoms with Crippen molar-refractivity contribution in [3.8, 4) is 0 Å². The molecule has 1 atom stereocenters. The van der Waals surface area contributed by atoms with E-state index in [2.05, 4.69) is 16.4 Å². The van der Waals surface area contributed by atoms with Gasteiger partial charge in [-0.3, -0.25) is 0 Å². The van der Waals surface area contributed by atoms with Crippen molar-refractivity contribution >= 4 is 11.1 Å². The van der Waals surface area contributed by atoms with Crippen LogP contribution < -0.4 is 11.1 Å². The van der Waals surface area contributed by atoms with E-state index < -0.39 is 0 Å². The average molecular weight is 247 g/mol. The van der Waals surface area contributed by atoms with Gasteiger partial charge in [-0.2, -0.15) is 0 Å². The third kappa shape index (κ3) is 2.89. The minimum atomic E-state index is -0.208. The highest BCUT2D eigenvalue weighted by atomic mass is 16.3. The first kappa shape index (κ1) is 13.1. The minimum Gasteiger partial charge on any atom is -0.441 e. The molecule has 0 radical (unpaired) electrons. The molecule has 0 amide bonds. The van der Waals surface area contributed by atoms with Crippen molar-refractivity contribution in [3.63, 3.8) is 0 Å². The molecule has 0 aliphatic rings. The van der Waals surface area contributed by atoms with E-state index in [0.29, 0.717) is 5.89 Å². The largest absolute Gasteiger partial charge is 0.441 e. The molecule has 0 spiro atoms. The zero-order chi connectivity index (χ0) is 13.3. The predicted octanol–water partition coefficient (Wildman–Crippen LogP) is 2.52. The molecule has 0 bridgehead atoms. The maximum Gasteiger partial charge on any atom is 0.192 e. The predicted molar refractivity (Wildman–Crippen MR) is 73.4 cm³/mol. The topological polar surface area (TPSA) is 64.1 Å². The van der Waals surface area contributed by atoms with Crippen molar-refractivity contribution in [2.45, 2.75) is 38.8 Å². The van der Waals surface area contributed by atoms with Gasteiger partial charge in [-0.25, -0.2) is 4.98 Å². The second-order valence-corrected chi connectivity index (χ2v) is 5.49. The van der Waals surface area contributed by atoms with Crippen molar-refractivity contribution in [3.05, 3.63) is 29.7 Å². The van der Waals surface area contributed by atoms with Gasteiger partial charge in [0.05, 0.1) is 0 Å². The van der Waals surface area contributed by atoms with E-state index in [1.807, 2.05) is 40.0 Å². The number of aromatic nitrogens is 1. The molecule has 0 saturated carbocycles. The lowest BCUT2D eigenvalue weighted by Crippen LogP contribution is -2.36. The molecule has 1 heterocycles. The van der Waals surface area contributed by atoms with E-state index in [-0.39, 0.29) is 11.6 Å². The lowest BCUT2D eigenvalue weighted by atomic mass is 9.92. The molecular formula is C14H21N3O. The molecule has 1 aromatic heterocycles. The Bertz CT molecular complexity index is 539. The molecule has 0 aliphatic heterocycles. The average Bonchev–Trinajstić information content (AvgIpc) is 2.63. The summed E-state index contributed by atoms with van der Waals surface area (Å²) in [7, 11) is 1.95. The summed E-state index contributed by atoms with van der Waals surface area (Å²) in [6.45, 7) is 5.93. The van der Waals surface area contributed by atoms with Crippen molar-refractivity contribution in [2.24, 2.45) is 5.73 Å². The highest BCUT2D eigenvalue weighted by Gasteiger charge is 2.20. The van der Waals surface area contributed by atoms with Gasteiger partial charge in [-0.05, 0) is 45.0 Å². The van der Waals surface area contributed by atoms with Crippen molar-refractivity contribution in [1.29, 1.82) is 0 Å². The number of aryl methyl sites for hydroxylation is 1. The number of benzene rings is 1. The normalized spacial score (nSPS) is 14.1. The molecular weight excluding hydrogens is 226 g/mol. The number of nitrogens with zero attached hydrogens (tertiary/aromatic N) is 1. The molecule has 3 N–H and O–H groups in total. The van der Waals surface area contributed by atoms with E-state index in [1.54, 1.807) is 0 Å². The van der Waals surface area contributed by atoms with Crippen LogP contribution in [0.5, 0.6) is 0 Å². The highest BCUT2D eigenvalue weighted by Crippen LogP contribution is 2.25. The summed E-state index contributed by atoms with van der Waals surface area (Å²) >= 11 is 0. The first-order valence-electron chi connectivity index (χ1n) is 6.22. The Labute approximate surface area is 108 Å². The fourth-order valence-electron chi connectivity index (χ4n) is 2.19. The van der Waals surface area contributed by atoms with Gasteiger partial charge in [-0.15, -0.1) is 0 Å². The Balaban J connectivity index is 2.33. The Kier molecular flexibility index (Phi) is 3.41. The zero-order valence-electron chi connectivity index (χ0n) is 11.4. The fourth-order valence-corrected chi connectivity index (χ4v) is 2.19. The third-order valence-corrected chi connectivity index (χ3v) is 3.00. The first-order chi connectivity index (χ1) is 8.39. The summed E-state index contributed by atoms with van der Waals surface area (Å²) in [5.74, 6) is 0.697. The van der Waals surface area contributed by atoms with E-state index in [1.165, 1.54) is 5.56 Å². The standard InChI is InChI=1S/C14H21N3O/c1-9-17-11-6-5-10(7-13(11)18-9)12(16-4)8-14(2,3)15/h5-7,12,16H,8,15H2,1-4H3. The van der Waals surface area contributed by atoms with Crippen LogP contribution in [0.3, 0.4) is 0 Å². The molecule has 2 rings (SSSR count). The van der Waals surface area contributed by atoms with E-state index in [0.717, 1.165) is 17.5 Å². The molecule has 18 heavy (non-hydrogen) atoms. The lowest BCUT2D eigenvalue weighted by molar-refractivity contribution is 0.396. The van der Waals surface area contributed by atoms with Crippen LogP contribution in [0, 0.1) is 6.92 Å². The molecule has 2 aromatic rings.